The van der Waals surface area contributed by atoms with E-state index in [1.807, 2.05) is 0 Å². The summed E-state index contributed by atoms with van der Waals surface area (Å²) in [5, 5.41) is 2.85. The molecule has 4 nitrogen and oxygen atoms in total. The molecule has 0 bridgehead atoms. The van der Waals surface area contributed by atoms with Crippen LogP contribution < -0.4 is 5.32 Å². The molecule has 1 aliphatic rings. The van der Waals surface area contributed by atoms with E-state index < -0.39 is 0 Å². The van der Waals surface area contributed by atoms with E-state index in [2.05, 4.69) is 12.2 Å². The normalized spacial score (nSPS) is 17.8. The molecule has 0 saturated heterocycles. The van der Waals surface area contributed by atoms with Crippen LogP contribution in [0.1, 0.15) is 43.0 Å². The number of hydrogen-bond acceptors (Lipinski definition) is 2. The van der Waals surface area contributed by atoms with Crippen molar-refractivity contribution in [3.8, 4) is 0 Å². The molecule has 0 radical (unpaired) electrons. The largest absolute Gasteiger partial charge is 0.345 e. The lowest BCUT2D eigenvalue weighted by Gasteiger charge is -2.19. The van der Waals surface area contributed by atoms with E-state index in [-0.39, 0.29) is 11.8 Å². The monoisotopic (exact) mass is 300 g/mol. The van der Waals surface area contributed by atoms with Crippen molar-refractivity contribution in [3.05, 3.63) is 41.5 Å². The van der Waals surface area contributed by atoms with Gasteiger partial charge in [-0.3, -0.25) is 9.59 Å². The Hall–Kier alpha value is -2.10. The van der Waals surface area contributed by atoms with Gasteiger partial charge in [0.2, 0.25) is 5.91 Å². The van der Waals surface area contributed by atoms with Gasteiger partial charge in [0, 0.05) is 31.4 Å². The summed E-state index contributed by atoms with van der Waals surface area (Å²) in [4.78, 5) is 25.5. The quantitative estimate of drug-likeness (QED) is 0.869. The number of rotatable bonds is 3. The van der Waals surface area contributed by atoms with E-state index in [1.165, 1.54) is 10.5 Å². The lowest BCUT2D eigenvalue weighted by molar-refractivity contribution is -0.112. The number of anilines is 1. The molecule has 22 heavy (non-hydrogen) atoms. The van der Waals surface area contributed by atoms with Crippen LogP contribution in [0.3, 0.4) is 0 Å². The van der Waals surface area contributed by atoms with Gasteiger partial charge in [0.15, 0.2) is 0 Å². The van der Waals surface area contributed by atoms with Crippen molar-refractivity contribution in [1.82, 2.24) is 4.90 Å². The van der Waals surface area contributed by atoms with Gasteiger partial charge in [0.25, 0.3) is 5.91 Å². The predicted molar refractivity (Wildman–Crippen MR) is 88.8 cm³/mol. The van der Waals surface area contributed by atoms with E-state index in [0.717, 1.165) is 31.6 Å². The first-order valence-electron chi connectivity index (χ1n) is 7.78. The van der Waals surface area contributed by atoms with Crippen LogP contribution in [0.5, 0.6) is 0 Å². The standard InChI is InChI=1S/C18H24N2O2/c1-13-7-9-14(10-8-13)11-17(21)19-16-6-4-5-15(12-16)18(22)20(2)3/h4-6,11-13H,7-10H2,1-3H3,(H,19,21). The van der Waals surface area contributed by atoms with E-state index >= 15 is 0 Å². The van der Waals surface area contributed by atoms with E-state index in [1.54, 1.807) is 44.4 Å². The number of carbonyl (C=O) groups is 2. The summed E-state index contributed by atoms with van der Waals surface area (Å²) in [6.07, 6.45) is 6.05. The first-order valence-corrected chi connectivity index (χ1v) is 7.78. The highest BCUT2D eigenvalue weighted by Gasteiger charge is 2.13. The lowest BCUT2D eigenvalue weighted by atomic mass is 9.87. The molecule has 0 aliphatic heterocycles. The Labute approximate surface area is 132 Å². The molecular formula is C18H24N2O2. The maximum absolute atomic E-state index is 12.1. The van der Waals surface area contributed by atoms with Crippen molar-refractivity contribution in [2.24, 2.45) is 5.92 Å². The molecule has 0 atom stereocenters. The summed E-state index contributed by atoms with van der Waals surface area (Å²) in [5.41, 5.74) is 2.44. The lowest BCUT2D eigenvalue weighted by Crippen LogP contribution is -2.21. The summed E-state index contributed by atoms with van der Waals surface area (Å²) in [5.74, 6) is 0.573. The molecule has 0 aromatic heterocycles. The van der Waals surface area contributed by atoms with E-state index in [9.17, 15) is 9.59 Å². The number of nitrogens with one attached hydrogen (secondary N) is 1. The fourth-order valence-electron chi connectivity index (χ4n) is 2.63. The highest BCUT2D eigenvalue weighted by molar-refractivity contribution is 6.01. The molecule has 1 fully saturated rings. The van der Waals surface area contributed by atoms with Gasteiger partial charge in [0.1, 0.15) is 0 Å². The molecule has 1 saturated carbocycles. The Kier molecular flexibility index (Phi) is 5.36. The van der Waals surface area contributed by atoms with Gasteiger partial charge in [0.05, 0.1) is 0 Å². The van der Waals surface area contributed by atoms with Crippen molar-refractivity contribution >= 4 is 17.5 Å². The van der Waals surface area contributed by atoms with Crippen LogP contribution in [0, 0.1) is 5.92 Å². The number of allylic oxidation sites excluding steroid dienone is 1. The number of hydrogen-bond donors (Lipinski definition) is 1. The summed E-state index contributed by atoms with van der Waals surface area (Å²) < 4.78 is 0. The number of benzene rings is 1. The first-order chi connectivity index (χ1) is 10.5. The third-order valence-corrected chi connectivity index (χ3v) is 4.03. The molecule has 0 heterocycles. The minimum atomic E-state index is -0.112. The molecule has 0 spiro atoms. The van der Waals surface area contributed by atoms with Crippen LogP contribution in [0.4, 0.5) is 5.69 Å². The Morgan fingerprint density at radius 1 is 1.23 bits per heavy atom. The SMILES string of the molecule is CC1CCC(=CC(=O)Nc2cccc(C(=O)N(C)C)c2)CC1. The second kappa shape index (κ2) is 7.25. The Morgan fingerprint density at radius 3 is 2.55 bits per heavy atom. The second-order valence-corrected chi connectivity index (χ2v) is 6.25. The van der Waals surface area contributed by atoms with Gasteiger partial charge in [-0.05, 0) is 49.8 Å². The molecule has 1 aromatic carbocycles. The average Bonchev–Trinajstić information content (AvgIpc) is 2.49. The van der Waals surface area contributed by atoms with Crippen LogP contribution in [0.15, 0.2) is 35.9 Å². The van der Waals surface area contributed by atoms with Crippen molar-refractivity contribution < 1.29 is 9.59 Å². The topological polar surface area (TPSA) is 49.4 Å². The molecule has 118 valence electrons. The van der Waals surface area contributed by atoms with Gasteiger partial charge in [-0.15, -0.1) is 0 Å². The maximum Gasteiger partial charge on any atom is 0.253 e. The third kappa shape index (κ3) is 4.45. The second-order valence-electron chi connectivity index (χ2n) is 6.25. The summed E-state index contributed by atoms with van der Waals surface area (Å²) in [6.45, 7) is 2.25. The molecule has 1 aromatic rings. The van der Waals surface area contributed by atoms with Crippen LogP contribution in [0.25, 0.3) is 0 Å². The zero-order valence-corrected chi connectivity index (χ0v) is 13.6. The number of carbonyl (C=O) groups excluding carboxylic acids is 2. The van der Waals surface area contributed by atoms with Gasteiger partial charge in [-0.25, -0.2) is 0 Å². The van der Waals surface area contributed by atoms with Crippen LogP contribution in [-0.2, 0) is 4.79 Å². The fraction of sp³-hybridized carbons (Fsp3) is 0.444. The fourth-order valence-corrected chi connectivity index (χ4v) is 2.63. The van der Waals surface area contributed by atoms with E-state index in [0.29, 0.717) is 11.3 Å². The van der Waals surface area contributed by atoms with Crippen molar-refractivity contribution in [2.75, 3.05) is 19.4 Å². The molecular weight excluding hydrogens is 276 g/mol. The van der Waals surface area contributed by atoms with Crippen molar-refractivity contribution in [1.29, 1.82) is 0 Å². The highest BCUT2D eigenvalue weighted by atomic mass is 16.2. The molecule has 4 heteroatoms. The Bertz CT molecular complexity index is 581. The van der Waals surface area contributed by atoms with Crippen LogP contribution in [-0.4, -0.2) is 30.8 Å². The highest BCUT2D eigenvalue weighted by Crippen LogP contribution is 2.27. The Balaban J connectivity index is 2.01. The zero-order valence-electron chi connectivity index (χ0n) is 13.6. The van der Waals surface area contributed by atoms with Crippen LogP contribution >= 0.6 is 0 Å². The minimum Gasteiger partial charge on any atom is -0.345 e. The van der Waals surface area contributed by atoms with Gasteiger partial charge >= 0.3 is 0 Å². The van der Waals surface area contributed by atoms with Crippen molar-refractivity contribution in [3.63, 3.8) is 0 Å². The number of nitrogens with zero attached hydrogens (tertiary/aromatic N) is 1. The first kappa shape index (κ1) is 16.3. The molecule has 1 N–H and O–H groups in total. The summed E-state index contributed by atoms with van der Waals surface area (Å²) in [6, 6.07) is 7.04. The van der Waals surface area contributed by atoms with Gasteiger partial charge < -0.3 is 10.2 Å². The maximum atomic E-state index is 12.1. The summed E-state index contributed by atoms with van der Waals surface area (Å²) >= 11 is 0. The van der Waals surface area contributed by atoms with Crippen molar-refractivity contribution in [2.45, 2.75) is 32.6 Å². The van der Waals surface area contributed by atoms with Gasteiger partial charge in [-0.1, -0.05) is 18.6 Å². The van der Waals surface area contributed by atoms with Gasteiger partial charge in [-0.2, -0.15) is 0 Å². The molecule has 0 unspecified atom stereocenters. The average molecular weight is 300 g/mol. The number of amides is 2. The smallest absolute Gasteiger partial charge is 0.253 e. The molecule has 2 rings (SSSR count). The van der Waals surface area contributed by atoms with E-state index in [4.69, 9.17) is 0 Å². The van der Waals surface area contributed by atoms with Crippen LogP contribution in [0.2, 0.25) is 0 Å². The molecule has 2 amide bonds. The summed E-state index contributed by atoms with van der Waals surface area (Å²) in [7, 11) is 3.42. The Morgan fingerprint density at radius 2 is 1.91 bits per heavy atom. The zero-order chi connectivity index (χ0) is 16.1. The third-order valence-electron chi connectivity index (χ3n) is 4.03. The minimum absolute atomic E-state index is 0.0734. The molecule has 1 aliphatic carbocycles. The predicted octanol–water partition coefficient (Wildman–Crippen LogP) is 3.46.